The van der Waals surface area contributed by atoms with Crippen LogP contribution in [0.1, 0.15) is 41.5 Å². The molecule has 0 saturated carbocycles. The predicted molar refractivity (Wildman–Crippen MR) is 111 cm³/mol. The molecule has 0 aliphatic rings. The van der Waals surface area contributed by atoms with Crippen LogP contribution in [0, 0.1) is 6.92 Å². The number of nitrogens with zero attached hydrogens (tertiary/aromatic N) is 4. The first-order valence-corrected chi connectivity index (χ1v) is 9.52. The number of ether oxygens (including phenoxy) is 1. The lowest BCUT2D eigenvalue weighted by Crippen LogP contribution is -2.16. The number of anilines is 1. The number of amides is 1. The van der Waals surface area contributed by atoms with E-state index in [1.54, 1.807) is 41.2 Å². The maximum absolute atomic E-state index is 12.5. The molecular weight excluding hydrogens is 366 g/mol. The van der Waals surface area contributed by atoms with Gasteiger partial charge in [0.25, 0.3) is 5.91 Å². The Hall–Kier alpha value is -3.61. The summed E-state index contributed by atoms with van der Waals surface area (Å²) in [7, 11) is 0. The zero-order valence-corrected chi connectivity index (χ0v) is 16.7. The summed E-state index contributed by atoms with van der Waals surface area (Å²) < 4.78 is 9.59. The Morgan fingerprint density at radius 1 is 1.17 bits per heavy atom. The van der Waals surface area contributed by atoms with Crippen molar-refractivity contribution in [2.45, 2.75) is 33.4 Å². The van der Waals surface area contributed by atoms with Crippen LogP contribution in [0.4, 0.5) is 5.82 Å². The highest BCUT2D eigenvalue weighted by Gasteiger charge is 2.11. The van der Waals surface area contributed by atoms with Crippen molar-refractivity contribution < 1.29 is 9.53 Å². The van der Waals surface area contributed by atoms with Gasteiger partial charge in [-0.3, -0.25) is 4.79 Å². The SMILES string of the molecule is Cc1cccn2cc(COc3ccc(C(=O)Nc4ccnn4C(C)C)cc3)nc12. The smallest absolute Gasteiger partial charge is 0.256 e. The molecule has 0 atom stereocenters. The third-order valence-electron chi connectivity index (χ3n) is 4.63. The van der Waals surface area contributed by atoms with Crippen LogP contribution in [0.5, 0.6) is 5.75 Å². The van der Waals surface area contributed by atoms with Crippen LogP contribution in [0.25, 0.3) is 5.65 Å². The van der Waals surface area contributed by atoms with Crippen molar-refractivity contribution in [3.8, 4) is 5.75 Å². The van der Waals surface area contributed by atoms with Gasteiger partial charge in [0, 0.05) is 30.1 Å². The summed E-state index contributed by atoms with van der Waals surface area (Å²) in [6.07, 6.45) is 5.60. The molecule has 0 saturated heterocycles. The summed E-state index contributed by atoms with van der Waals surface area (Å²) in [4.78, 5) is 17.1. The number of hydrogen-bond donors (Lipinski definition) is 1. The van der Waals surface area contributed by atoms with E-state index in [4.69, 9.17) is 4.74 Å². The van der Waals surface area contributed by atoms with Crippen molar-refractivity contribution >= 4 is 17.4 Å². The number of carbonyl (C=O) groups excluding carboxylic acids is 1. The number of nitrogens with one attached hydrogen (secondary N) is 1. The van der Waals surface area contributed by atoms with Gasteiger partial charge in [-0.2, -0.15) is 5.10 Å². The zero-order valence-electron chi connectivity index (χ0n) is 16.7. The molecule has 1 aromatic carbocycles. The normalized spacial score (nSPS) is 11.2. The zero-order chi connectivity index (χ0) is 20.4. The van der Waals surface area contributed by atoms with Crippen LogP contribution in [-0.2, 0) is 6.61 Å². The van der Waals surface area contributed by atoms with E-state index in [1.165, 1.54) is 0 Å². The molecule has 0 bridgehead atoms. The van der Waals surface area contributed by atoms with Crippen molar-refractivity contribution in [3.63, 3.8) is 0 Å². The van der Waals surface area contributed by atoms with Gasteiger partial charge >= 0.3 is 0 Å². The fourth-order valence-electron chi connectivity index (χ4n) is 3.15. The minimum absolute atomic E-state index is 0.166. The van der Waals surface area contributed by atoms with E-state index < -0.39 is 0 Å². The Morgan fingerprint density at radius 3 is 2.69 bits per heavy atom. The van der Waals surface area contributed by atoms with Crippen LogP contribution in [0.3, 0.4) is 0 Å². The van der Waals surface area contributed by atoms with Crippen LogP contribution in [0.2, 0.25) is 0 Å². The molecular formula is C22H23N5O2. The maximum atomic E-state index is 12.5. The summed E-state index contributed by atoms with van der Waals surface area (Å²) in [6.45, 7) is 6.42. The third-order valence-corrected chi connectivity index (χ3v) is 4.63. The number of pyridine rings is 1. The fraction of sp³-hybridized carbons (Fsp3) is 0.227. The molecule has 7 nitrogen and oxygen atoms in total. The summed E-state index contributed by atoms with van der Waals surface area (Å²) in [5.74, 6) is 1.17. The average Bonchev–Trinajstić information content (AvgIpc) is 3.34. The number of imidazole rings is 1. The first kappa shape index (κ1) is 18.7. The number of benzene rings is 1. The largest absolute Gasteiger partial charge is 0.487 e. The molecule has 148 valence electrons. The molecule has 0 radical (unpaired) electrons. The number of aromatic nitrogens is 4. The lowest BCUT2D eigenvalue weighted by Gasteiger charge is -2.12. The van der Waals surface area contributed by atoms with Gasteiger partial charge in [0.05, 0.1) is 11.9 Å². The van der Waals surface area contributed by atoms with Gasteiger partial charge in [-0.05, 0) is 56.7 Å². The van der Waals surface area contributed by atoms with E-state index in [0.29, 0.717) is 23.7 Å². The van der Waals surface area contributed by atoms with Crippen molar-refractivity contribution in [2.24, 2.45) is 0 Å². The summed E-state index contributed by atoms with van der Waals surface area (Å²) in [5.41, 5.74) is 3.45. The molecule has 3 heterocycles. The number of aryl methyl sites for hydroxylation is 1. The van der Waals surface area contributed by atoms with Crippen LogP contribution in [-0.4, -0.2) is 25.1 Å². The summed E-state index contributed by atoms with van der Waals surface area (Å²) >= 11 is 0. The lowest BCUT2D eigenvalue weighted by atomic mass is 10.2. The van der Waals surface area contributed by atoms with Gasteiger partial charge in [0.15, 0.2) is 0 Å². The molecule has 1 amide bonds. The monoisotopic (exact) mass is 389 g/mol. The van der Waals surface area contributed by atoms with Crippen molar-refractivity contribution in [1.29, 1.82) is 0 Å². The van der Waals surface area contributed by atoms with Gasteiger partial charge in [-0.1, -0.05) is 6.07 Å². The molecule has 4 rings (SSSR count). The van der Waals surface area contributed by atoms with Crippen LogP contribution >= 0.6 is 0 Å². The van der Waals surface area contributed by atoms with Crippen LogP contribution in [0.15, 0.2) is 61.1 Å². The highest BCUT2D eigenvalue weighted by Crippen LogP contribution is 2.18. The molecule has 4 aromatic rings. The molecule has 0 aliphatic heterocycles. The van der Waals surface area contributed by atoms with Gasteiger partial charge < -0.3 is 14.5 Å². The molecule has 29 heavy (non-hydrogen) atoms. The number of carbonyl (C=O) groups is 1. The minimum Gasteiger partial charge on any atom is -0.487 e. The van der Waals surface area contributed by atoms with Gasteiger partial charge in [-0.15, -0.1) is 0 Å². The minimum atomic E-state index is -0.185. The predicted octanol–water partition coefficient (Wildman–Crippen LogP) is 4.25. The highest BCUT2D eigenvalue weighted by molar-refractivity contribution is 6.03. The van der Waals surface area contributed by atoms with Gasteiger partial charge in [0.1, 0.15) is 23.8 Å². The number of rotatable bonds is 6. The van der Waals surface area contributed by atoms with Crippen LogP contribution < -0.4 is 10.1 Å². The Kier molecular flexibility index (Phi) is 5.03. The second-order valence-electron chi connectivity index (χ2n) is 7.18. The Morgan fingerprint density at radius 2 is 1.97 bits per heavy atom. The Labute approximate surface area is 169 Å². The first-order valence-electron chi connectivity index (χ1n) is 9.52. The molecule has 0 unspecified atom stereocenters. The van der Waals surface area contributed by atoms with Crippen molar-refractivity contribution in [1.82, 2.24) is 19.2 Å². The maximum Gasteiger partial charge on any atom is 0.256 e. The van der Waals surface area contributed by atoms with E-state index in [2.05, 4.69) is 15.4 Å². The standard InChI is InChI=1S/C22H23N5O2/c1-15(2)27-20(10-11-23-27)25-22(28)17-6-8-19(9-7-17)29-14-18-13-26-12-4-5-16(3)21(26)24-18/h4-13,15H,14H2,1-3H3,(H,25,28). The van der Waals surface area contributed by atoms with Crippen molar-refractivity contribution in [2.75, 3.05) is 5.32 Å². The Balaban J connectivity index is 1.40. The molecule has 1 N–H and O–H groups in total. The lowest BCUT2D eigenvalue weighted by molar-refractivity contribution is 0.102. The van der Waals surface area contributed by atoms with Gasteiger partial charge in [0.2, 0.25) is 0 Å². The molecule has 3 aromatic heterocycles. The van der Waals surface area contributed by atoms with E-state index in [9.17, 15) is 4.79 Å². The second-order valence-corrected chi connectivity index (χ2v) is 7.18. The van der Waals surface area contributed by atoms with E-state index >= 15 is 0 Å². The number of fused-ring (bicyclic) bond motifs is 1. The first-order chi connectivity index (χ1) is 14.0. The van der Waals surface area contributed by atoms with E-state index in [0.717, 1.165) is 16.9 Å². The molecule has 0 fully saturated rings. The van der Waals surface area contributed by atoms with E-state index in [1.807, 2.05) is 49.7 Å². The average molecular weight is 389 g/mol. The third kappa shape index (κ3) is 3.99. The molecule has 0 aliphatic carbocycles. The number of hydrogen-bond acceptors (Lipinski definition) is 4. The molecule has 7 heteroatoms. The fourth-order valence-corrected chi connectivity index (χ4v) is 3.15. The Bertz CT molecular complexity index is 1140. The molecule has 0 spiro atoms. The quantitative estimate of drug-likeness (QED) is 0.535. The highest BCUT2D eigenvalue weighted by atomic mass is 16.5. The van der Waals surface area contributed by atoms with E-state index in [-0.39, 0.29) is 11.9 Å². The topological polar surface area (TPSA) is 73.5 Å². The summed E-state index contributed by atoms with van der Waals surface area (Å²) in [5, 5.41) is 7.12. The summed E-state index contributed by atoms with van der Waals surface area (Å²) in [6, 6.07) is 13.0. The van der Waals surface area contributed by atoms with Crippen molar-refractivity contribution in [3.05, 3.63) is 77.9 Å². The van der Waals surface area contributed by atoms with Gasteiger partial charge in [-0.25, -0.2) is 9.67 Å². The second kappa shape index (κ2) is 7.79.